The van der Waals surface area contributed by atoms with Crippen LogP contribution in [0, 0.1) is 13.8 Å². The molecule has 1 fully saturated rings. The molecule has 0 unspecified atom stereocenters. The summed E-state index contributed by atoms with van der Waals surface area (Å²) in [6.45, 7) is 6.86. The Bertz CT molecular complexity index is 656. The summed E-state index contributed by atoms with van der Waals surface area (Å²) in [7, 11) is 2.16. The van der Waals surface area contributed by atoms with E-state index >= 15 is 0 Å². The first-order valence-electron chi connectivity index (χ1n) is 8.72. The van der Waals surface area contributed by atoms with Crippen LogP contribution in [-0.4, -0.2) is 57.9 Å². The Morgan fingerprint density at radius 2 is 2.25 bits per heavy atom. The first-order valence-corrected chi connectivity index (χ1v) is 8.72. The van der Waals surface area contributed by atoms with Gasteiger partial charge in [-0.25, -0.2) is 4.98 Å². The third kappa shape index (κ3) is 4.19. The summed E-state index contributed by atoms with van der Waals surface area (Å²) in [4.78, 5) is 11.1. The summed E-state index contributed by atoms with van der Waals surface area (Å²) in [5, 5.41) is 7.27. The molecule has 6 heteroatoms. The third-order valence-corrected chi connectivity index (χ3v) is 4.78. The largest absolute Gasteiger partial charge is 0.376 e. The predicted octanol–water partition coefficient (Wildman–Crippen LogP) is 2.25. The van der Waals surface area contributed by atoms with E-state index in [9.17, 15) is 0 Å². The number of ether oxygens (including phenoxy) is 1. The van der Waals surface area contributed by atoms with E-state index < -0.39 is 0 Å². The molecule has 0 amide bonds. The highest BCUT2D eigenvalue weighted by Gasteiger charge is 2.33. The summed E-state index contributed by atoms with van der Waals surface area (Å²) < 4.78 is 5.94. The monoisotopic (exact) mass is 329 g/mol. The van der Waals surface area contributed by atoms with E-state index in [4.69, 9.17) is 4.74 Å². The second-order valence-corrected chi connectivity index (χ2v) is 6.75. The molecule has 1 aliphatic heterocycles. The number of nitrogens with zero attached hydrogens (tertiary/aromatic N) is 4. The number of pyridine rings is 1. The molecule has 1 aliphatic rings. The van der Waals surface area contributed by atoms with Crippen molar-refractivity contribution in [3.63, 3.8) is 0 Å². The molecule has 2 aromatic heterocycles. The lowest BCUT2D eigenvalue weighted by molar-refractivity contribution is 0.0727. The van der Waals surface area contributed by atoms with Gasteiger partial charge < -0.3 is 9.64 Å². The number of aryl methyl sites for hydroxylation is 3. The molecule has 0 aromatic carbocycles. The molecule has 0 bridgehead atoms. The van der Waals surface area contributed by atoms with Crippen molar-refractivity contribution < 1.29 is 4.74 Å². The molecule has 130 valence electrons. The summed E-state index contributed by atoms with van der Waals surface area (Å²) in [6, 6.07) is 2.08. The molecule has 3 rings (SSSR count). The average Bonchev–Trinajstić information content (AvgIpc) is 3.18. The van der Waals surface area contributed by atoms with Gasteiger partial charge in [-0.1, -0.05) is 0 Å². The van der Waals surface area contributed by atoms with Gasteiger partial charge in [-0.2, -0.15) is 5.10 Å². The van der Waals surface area contributed by atoms with Crippen molar-refractivity contribution in [3.05, 3.63) is 41.2 Å². The molecular formula is C18H27N5O. The van der Waals surface area contributed by atoms with Gasteiger partial charge >= 0.3 is 0 Å². The van der Waals surface area contributed by atoms with Crippen LogP contribution in [0.15, 0.2) is 18.5 Å². The number of aromatic nitrogens is 4. The lowest BCUT2D eigenvalue weighted by Gasteiger charge is -2.23. The van der Waals surface area contributed by atoms with Gasteiger partial charge in [0.05, 0.1) is 12.0 Å². The Balaban J connectivity index is 1.47. The van der Waals surface area contributed by atoms with E-state index in [1.54, 1.807) is 0 Å². The summed E-state index contributed by atoms with van der Waals surface area (Å²) in [6.07, 6.45) is 7.22. The number of aromatic amines is 1. The Morgan fingerprint density at radius 1 is 1.38 bits per heavy atom. The van der Waals surface area contributed by atoms with Gasteiger partial charge in [0.2, 0.25) is 0 Å². The molecule has 0 radical (unpaired) electrons. The van der Waals surface area contributed by atoms with Crippen molar-refractivity contribution in [2.75, 3.05) is 26.7 Å². The van der Waals surface area contributed by atoms with Gasteiger partial charge in [-0.15, -0.1) is 0 Å². The smallest absolute Gasteiger partial charge is 0.156 e. The molecular weight excluding hydrogens is 302 g/mol. The SMILES string of the molecule is Cc1nc([C@@H]2CCO[C@@H]2CN(C)CCCc2cnccc2C)n[nH]1. The first-order chi connectivity index (χ1) is 11.6. The molecule has 0 aliphatic carbocycles. The van der Waals surface area contributed by atoms with Crippen LogP contribution in [0.2, 0.25) is 0 Å². The first kappa shape index (κ1) is 17.0. The second kappa shape index (κ2) is 7.85. The van der Waals surface area contributed by atoms with Crippen LogP contribution in [0.5, 0.6) is 0 Å². The van der Waals surface area contributed by atoms with E-state index in [1.165, 1.54) is 11.1 Å². The summed E-state index contributed by atoms with van der Waals surface area (Å²) >= 11 is 0. The maximum Gasteiger partial charge on any atom is 0.156 e. The number of hydrogen-bond donors (Lipinski definition) is 1. The maximum absolute atomic E-state index is 5.94. The van der Waals surface area contributed by atoms with E-state index in [1.807, 2.05) is 19.3 Å². The van der Waals surface area contributed by atoms with E-state index in [0.29, 0.717) is 5.92 Å². The highest BCUT2D eigenvalue weighted by molar-refractivity contribution is 5.21. The molecule has 2 atom stereocenters. The van der Waals surface area contributed by atoms with E-state index in [0.717, 1.165) is 50.6 Å². The van der Waals surface area contributed by atoms with Crippen molar-refractivity contribution in [2.24, 2.45) is 0 Å². The highest BCUT2D eigenvalue weighted by atomic mass is 16.5. The van der Waals surface area contributed by atoms with Gasteiger partial charge in [0, 0.05) is 25.5 Å². The summed E-state index contributed by atoms with van der Waals surface area (Å²) in [5.41, 5.74) is 2.67. The minimum absolute atomic E-state index is 0.185. The van der Waals surface area contributed by atoms with Crippen molar-refractivity contribution in [2.45, 2.75) is 45.1 Å². The molecule has 1 N–H and O–H groups in total. The fraction of sp³-hybridized carbons (Fsp3) is 0.611. The Kier molecular flexibility index (Phi) is 5.58. The van der Waals surface area contributed by atoms with Gasteiger partial charge in [0.1, 0.15) is 5.82 Å². The molecule has 24 heavy (non-hydrogen) atoms. The molecule has 1 saturated heterocycles. The highest BCUT2D eigenvalue weighted by Crippen LogP contribution is 2.29. The van der Waals surface area contributed by atoms with Crippen LogP contribution in [-0.2, 0) is 11.2 Å². The minimum atomic E-state index is 0.185. The van der Waals surface area contributed by atoms with Crippen molar-refractivity contribution >= 4 is 0 Å². The van der Waals surface area contributed by atoms with Gasteiger partial charge in [0.15, 0.2) is 5.82 Å². The molecule has 3 heterocycles. The van der Waals surface area contributed by atoms with E-state index in [-0.39, 0.29) is 6.10 Å². The number of rotatable bonds is 7. The molecule has 6 nitrogen and oxygen atoms in total. The molecule has 0 spiro atoms. The van der Waals surface area contributed by atoms with Crippen LogP contribution in [0.1, 0.15) is 41.5 Å². The average molecular weight is 329 g/mol. The van der Waals surface area contributed by atoms with Crippen molar-refractivity contribution in [1.29, 1.82) is 0 Å². The second-order valence-electron chi connectivity index (χ2n) is 6.75. The standard InChI is InChI=1S/C18H27N5O/c1-13-6-8-19-11-15(13)5-4-9-23(3)12-17-16(7-10-24-17)18-20-14(2)21-22-18/h6,8,11,16-17H,4-5,7,9-10,12H2,1-3H3,(H,20,21,22)/t16-,17-/m1/s1. The van der Waals surface area contributed by atoms with Gasteiger partial charge in [-0.05, 0) is 63.9 Å². The maximum atomic E-state index is 5.94. The lowest BCUT2D eigenvalue weighted by atomic mass is 10.00. The fourth-order valence-corrected chi connectivity index (χ4v) is 3.35. The Hall–Kier alpha value is -1.79. The normalized spacial score (nSPS) is 20.8. The fourth-order valence-electron chi connectivity index (χ4n) is 3.35. The zero-order chi connectivity index (χ0) is 16.9. The zero-order valence-corrected chi connectivity index (χ0v) is 14.8. The Labute approximate surface area is 143 Å². The number of hydrogen-bond acceptors (Lipinski definition) is 5. The number of nitrogens with one attached hydrogen (secondary N) is 1. The quantitative estimate of drug-likeness (QED) is 0.844. The van der Waals surface area contributed by atoms with Crippen LogP contribution in [0.25, 0.3) is 0 Å². The molecule has 0 saturated carbocycles. The van der Waals surface area contributed by atoms with Gasteiger partial charge in [0.25, 0.3) is 0 Å². The minimum Gasteiger partial charge on any atom is -0.376 e. The van der Waals surface area contributed by atoms with Crippen LogP contribution in [0.3, 0.4) is 0 Å². The number of likely N-dealkylation sites (N-methyl/N-ethyl adjacent to an activating group) is 1. The number of H-pyrrole nitrogens is 1. The third-order valence-electron chi connectivity index (χ3n) is 4.78. The predicted molar refractivity (Wildman–Crippen MR) is 93.0 cm³/mol. The molecule has 2 aromatic rings. The van der Waals surface area contributed by atoms with Gasteiger partial charge in [-0.3, -0.25) is 10.1 Å². The lowest BCUT2D eigenvalue weighted by Crippen LogP contribution is -2.33. The van der Waals surface area contributed by atoms with Crippen LogP contribution < -0.4 is 0 Å². The summed E-state index contributed by atoms with van der Waals surface area (Å²) in [5.74, 6) is 2.07. The van der Waals surface area contributed by atoms with Crippen molar-refractivity contribution in [3.8, 4) is 0 Å². The van der Waals surface area contributed by atoms with Crippen LogP contribution >= 0.6 is 0 Å². The zero-order valence-electron chi connectivity index (χ0n) is 14.8. The van der Waals surface area contributed by atoms with Crippen LogP contribution in [0.4, 0.5) is 0 Å². The Morgan fingerprint density at radius 3 is 3.00 bits per heavy atom. The van der Waals surface area contributed by atoms with E-state index in [2.05, 4.69) is 45.1 Å². The van der Waals surface area contributed by atoms with Crippen molar-refractivity contribution in [1.82, 2.24) is 25.1 Å². The topological polar surface area (TPSA) is 66.9 Å².